The molecule has 3 rings (SSSR count). The van der Waals surface area contributed by atoms with Gasteiger partial charge in [0.05, 0.1) is 12.6 Å². The zero-order chi connectivity index (χ0) is 20.6. The number of aryl methyl sites for hydroxylation is 1. The minimum atomic E-state index is -0.192. The van der Waals surface area contributed by atoms with Crippen LogP contribution in [0.2, 0.25) is 0 Å². The molecule has 3 aromatic carbocycles. The topological polar surface area (TPSA) is 70.2 Å². The SMILES string of the molecule is CNC(=O)c1cccc(NC(=O)CN[C@@H](c2ccccc2)c2ccc(C)cc2)c1. The third kappa shape index (κ3) is 5.53. The normalized spacial score (nSPS) is 11.5. The highest BCUT2D eigenvalue weighted by Gasteiger charge is 2.15. The first-order valence-corrected chi connectivity index (χ1v) is 9.53. The highest BCUT2D eigenvalue weighted by Crippen LogP contribution is 2.22. The van der Waals surface area contributed by atoms with E-state index in [0.29, 0.717) is 11.3 Å². The number of amides is 2. The van der Waals surface area contributed by atoms with Gasteiger partial charge in [-0.2, -0.15) is 0 Å². The van der Waals surface area contributed by atoms with Gasteiger partial charge in [0.1, 0.15) is 0 Å². The Hall–Kier alpha value is -3.44. The van der Waals surface area contributed by atoms with E-state index in [2.05, 4.69) is 47.1 Å². The van der Waals surface area contributed by atoms with Crippen LogP contribution in [0.3, 0.4) is 0 Å². The van der Waals surface area contributed by atoms with Gasteiger partial charge in [-0.3, -0.25) is 14.9 Å². The molecule has 148 valence electrons. The molecule has 5 nitrogen and oxygen atoms in total. The van der Waals surface area contributed by atoms with Crippen LogP contribution in [0, 0.1) is 6.92 Å². The van der Waals surface area contributed by atoms with E-state index in [1.165, 1.54) is 5.56 Å². The first-order chi connectivity index (χ1) is 14.1. The van der Waals surface area contributed by atoms with Crippen LogP contribution in [-0.2, 0) is 4.79 Å². The summed E-state index contributed by atoms with van der Waals surface area (Å²) in [6.45, 7) is 2.19. The van der Waals surface area contributed by atoms with Gasteiger partial charge in [0, 0.05) is 18.3 Å². The summed E-state index contributed by atoms with van der Waals surface area (Å²) in [4.78, 5) is 24.3. The van der Waals surface area contributed by atoms with Crippen LogP contribution in [-0.4, -0.2) is 25.4 Å². The lowest BCUT2D eigenvalue weighted by Crippen LogP contribution is -2.32. The van der Waals surface area contributed by atoms with Crippen LogP contribution < -0.4 is 16.0 Å². The number of carbonyl (C=O) groups is 2. The quantitative estimate of drug-likeness (QED) is 0.579. The molecule has 3 aromatic rings. The second kappa shape index (κ2) is 9.66. The summed E-state index contributed by atoms with van der Waals surface area (Å²) in [7, 11) is 1.58. The van der Waals surface area contributed by atoms with E-state index in [4.69, 9.17) is 0 Å². The predicted molar refractivity (Wildman–Crippen MR) is 116 cm³/mol. The maximum absolute atomic E-state index is 12.5. The van der Waals surface area contributed by atoms with Gasteiger partial charge in [0.25, 0.3) is 5.91 Å². The van der Waals surface area contributed by atoms with Crippen LogP contribution in [0.4, 0.5) is 5.69 Å². The Labute approximate surface area is 171 Å². The molecule has 5 heteroatoms. The first kappa shape index (κ1) is 20.3. The Morgan fingerprint density at radius 2 is 1.55 bits per heavy atom. The standard InChI is InChI=1S/C24H25N3O2/c1-17-11-13-19(14-12-17)23(18-7-4-3-5-8-18)26-16-22(28)27-21-10-6-9-20(15-21)24(29)25-2/h3-15,23,26H,16H2,1-2H3,(H,25,29)(H,27,28)/t23-/m0/s1. The summed E-state index contributed by atoms with van der Waals surface area (Å²) in [6.07, 6.45) is 0. The van der Waals surface area contributed by atoms with Gasteiger partial charge in [0.15, 0.2) is 0 Å². The summed E-state index contributed by atoms with van der Waals surface area (Å²) in [6, 6.07) is 25.1. The van der Waals surface area contributed by atoms with Crippen molar-refractivity contribution >= 4 is 17.5 Å². The van der Waals surface area contributed by atoms with Gasteiger partial charge < -0.3 is 10.6 Å². The number of hydrogen-bond acceptors (Lipinski definition) is 3. The molecule has 0 unspecified atom stereocenters. The molecule has 0 aliphatic rings. The van der Waals surface area contributed by atoms with Gasteiger partial charge in [-0.25, -0.2) is 0 Å². The van der Waals surface area contributed by atoms with E-state index in [9.17, 15) is 9.59 Å². The molecule has 0 aliphatic heterocycles. The summed E-state index contributed by atoms with van der Waals surface area (Å²) < 4.78 is 0. The molecule has 0 radical (unpaired) electrons. The summed E-state index contributed by atoms with van der Waals surface area (Å²) in [5.74, 6) is -0.366. The van der Waals surface area contributed by atoms with Crippen LogP contribution in [0.25, 0.3) is 0 Å². The Morgan fingerprint density at radius 1 is 0.862 bits per heavy atom. The van der Waals surface area contributed by atoms with E-state index < -0.39 is 0 Å². The average molecular weight is 387 g/mol. The molecule has 0 bridgehead atoms. The Balaban J connectivity index is 1.70. The van der Waals surface area contributed by atoms with Crippen molar-refractivity contribution < 1.29 is 9.59 Å². The van der Waals surface area contributed by atoms with Crippen LogP contribution in [0.5, 0.6) is 0 Å². The fraction of sp³-hybridized carbons (Fsp3) is 0.167. The largest absolute Gasteiger partial charge is 0.355 e. The van der Waals surface area contributed by atoms with Crippen LogP contribution in [0.1, 0.15) is 33.1 Å². The molecule has 2 amide bonds. The minimum absolute atomic E-state index is 0.0975. The zero-order valence-electron chi connectivity index (χ0n) is 16.6. The van der Waals surface area contributed by atoms with Crippen molar-refractivity contribution in [3.63, 3.8) is 0 Å². The van der Waals surface area contributed by atoms with Crippen molar-refractivity contribution in [2.75, 3.05) is 18.9 Å². The molecule has 0 aliphatic carbocycles. The van der Waals surface area contributed by atoms with E-state index in [1.807, 2.05) is 30.3 Å². The second-order valence-electron chi connectivity index (χ2n) is 6.84. The number of rotatable bonds is 7. The third-order valence-electron chi connectivity index (χ3n) is 4.65. The van der Waals surface area contributed by atoms with E-state index in [0.717, 1.165) is 11.1 Å². The van der Waals surface area contributed by atoms with E-state index in [-0.39, 0.29) is 24.4 Å². The molecular formula is C24H25N3O2. The van der Waals surface area contributed by atoms with Crippen LogP contribution >= 0.6 is 0 Å². The second-order valence-corrected chi connectivity index (χ2v) is 6.84. The molecular weight excluding hydrogens is 362 g/mol. The van der Waals surface area contributed by atoms with Gasteiger partial charge in [0.2, 0.25) is 5.91 Å². The highest BCUT2D eigenvalue weighted by atomic mass is 16.2. The van der Waals surface area contributed by atoms with Crippen molar-refractivity contribution in [1.82, 2.24) is 10.6 Å². The molecule has 1 atom stereocenters. The smallest absolute Gasteiger partial charge is 0.251 e. The number of anilines is 1. The predicted octanol–water partition coefficient (Wildman–Crippen LogP) is 3.67. The number of carbonyl (C=O) groups excluding carboxylic acids is 2. The average Bonchev–Trinajstić information content (AvgIpc) is 2.75. The Morgan fingerprint density at radius 3 is 2.24 bits per heavy atom. The molecule has 0 spiro atoms. The summed E-state index contributed by atoms with van der Waals surface area (Å²) >= 11 is 0. The van der Waals surface area contributed by atoms with Crippen LogP contribution in [0.15, 0.2) is 78.9 Å². The molecule has 3 N–H and O–H groups in total. The Kier molecular flexibility index (Phi) is 6.76. The van der Waals surface area contributed by atoms with E-state index in [1.54, 1.807) is 31.3 Å². The highest BCUT2D eigenvalue weighted by molar-refractivity contribution is 5.97. The monoisotopic (exact) mass is 387 g/mol. The molecule has 0 fully saturated rings. The van der Waals surface area contributed by atoms with Gasteiger partial charge in [-0.15, -0.1) is 0 Å². The fourth-order valence-electron chi connectivity index (χ4n) is 3.12. The molecule has 29 heavy (non-hydrogen) atoms. The zero-order valence-corrected chi connectivity index (χ0v) is 16.6. The molecule has 0 saturated heterocycles. The minimum Gasteiger partial charge on any atom is -0.355 e. The maximum Gasteiger partial charge on any atom is 0.251 e. The van der Waals surface area contributed by atoms with Gasteiger partial charge >= 0.3 is 0 Å². The molecule has 0 heterocycles. The summed E-state index contributed by atoms with van der Waals surface area (Å²) in [5.41, 5.74) is 4.46. The number of benzene rings is 3. The van der Waals surface area contributed by atoms with E-state index >= 15 is 0 Å². The fourth-order valence-corrected chi connectivity index (χ4v) is 3.12. The lowest BCUT2D eigenvalue weighted by atomic mass is 9.98. The molecule has 0 saturated carbocycles. The first-order valence-electron chi connectivity index (χ1n) is 9.53. The van der Waals surface area contributed by atoms with Crippen molar-refractivity contribution in [1.29, 1.82) is 0 Å². The number of hydrogen-bond donors (Lipinski definition) is 3. The summed E-state index contributed by atoms with van der Waals surface area (Å²) in [5, 5.41) is 8.77. The molecule has 0 aromatic heterocycles. The Bertz CT molecular complexity index is 969. The third-order valence-corrected chi connectivity index (χ3v) is 4.65. The van der Waals surface area contributed by atoms with Crippen molar-refractivity contribution in [3.8, 4) is 0 Å². The number of nitrogens with one attached hydrogen (secondary N) is 3. The van der Waals surface area contributed by atoms with Gasteiger partial charge in [-0.1, -0.05) is 66.2 Å². The van der Waals surface area contributed by atoms with Crippen molar-refractivity contribution in [2.45, 2.75) is 13.0 Å². The van der Waals surface area contributed by atoms with Crippen molar-refractivity contribution in [2.24, 2.45) is 0 Å². The van der Waals surface area contributed by atoms with Crippen molar-refractivity contribution in [3.05, 3.63) is 101 Å². The lowest BCUT2D eigenvalue weighted by Gasteiger charge is -2.20. The lowest BCUT2D eigenvalue weighted by molar-refractivity contribution is -0.115. The maximum atomic E-state index is 12.5. The van der Waals surface area contributed by atoms with Gasteiger partial charge in [-0.05, 0) is 36.2 Å².